The van der Waals surface area contributed by atoms with E-state index in [4.69, 9.17) is 16.3 Å². The van der Waals surface area contributed by atoms with Crippen molar-refractivity contribution in [1.29, 1.82) is 0 Å². The molecule has 0 N–H and O–H groups in total. The summed E-state index contributed by atoms with van der Waals surface area (Å²) < 4.78 is 72.6. The highest BCUT2D eigenvalue weighted by Crippen LogP contribution is 2.34. The molecule has 3 rings (SSSR count). The molecule has 0 bridgehead atoms. The number of nitrogens with zero attached hydrogens (tertiary/aromatic N) is 3. The van der Waals surface area contributed by atoms with Crippen LogP contribution in [0.5, 0.6) is 11.5 Å². The van der Waals surface area contributed by atoms with E-state index in [-0.39, 0.29) is 46.9 Å². The maximum Gasteiger partial charge on any atom is 0.417 e. The molecule has 2 heterocycles. The Hall–Kier alpha value is -2.82. The highest BCUT2D eigenvalue weighted by molar-refractivity contribution is 6.33. The monoisotopic (exact) mass is 465 g/mol. The van der Waals surface area contributed by atoms with Gasteiger partial charge in [0.2, 0.25) is 0 Å². The summed E-state index contributed by atoms with van der Waals surface area (Å²) in [4.78, 5) is 19.8. The maximum absolute atomic E-state index is 12.8. The van der Waals surface area contributed by atoms with E-state index in [9.17, 15) is 26.7 Å². The molecule has 12 heteroatoms. The first-order chi connectivity index (χ1) is 14.6. The number of pyridine rings is 1. The fourth-order valence-electron chi connectivity index (χ4n) is 3.12. The number of aromatic nitrogens is 1. The van der Waals surface area contributed by atoms with Gasteiger partial charge in [-0.3, -0.25) is 4.79 Å². The molecule has 1 aromatic carbocycles. The van der Waals surface area contributed by atoms with E-state index >= 15 is 0 Å². The second kappa shape index (κ2) is 9.13. The molecule has 1 aliphatic rings. The van der Waals surface area contributed by atoms with E-state index in [0.29, 0.717) is 19.3 Å². The van der Waals surface area contributed by atoms with Crippen molar-refractivity contribution in [3.63, 3.8) is 0 Å². The van der Waals surface area contributed by atoms with Crippen molar-refractivity contribution < 1.29 is 36.2 Å². The summed E-state index contributed by atoms with van der Waals surface area (Å²) in [7, 11) is 1.27. The first kappa shape index (κ1) is 22.9. The Labute approximate surface area is 179 Å². The molecule has 31 heavy (non-hydrogen) atoms. The molecule has 1 aliphatic heterocycles. The van der Waals surface area contributed by atoms with E-state index in [1.807, 2.05) is 0 Å². The summed E-state index contributed by atoms with van der Waals surface area (Å²) in [6, 6.07) is 4.70. The number of hydrogen-bond donors (Lipinski definition) is 0. The van der Waals surface area contributed by atoms with E-state index in [0.717, 1.165) is 6.07 Å². The zero-order valence-electron chi connectivity index (χ0n) is 16.1. The van der Waals surface area contributed by atoms with Gasteiger partial charge in [0.15, 0.2) is 11.5 Å². The number of piperazine rings is 1. The van der Waals surface area contributed by atoms with E-state index in [1.54, 1.807) is 4.90 Å². The molecule has 168 valence electrons. The van der Waals surface area contributed by atoms with Crippen molar-refractivity contribution in [3.8, 4) is 11.5 Å². The average molecular weight is 466 g/mol. The lowest BCUT2D eigenvalue weighted by atomic mass is 10.1. The van der Waals surface area contributed by atoms with Crippen molar-refractivity contribution in [2.45, 2.75) is 12.8 Å². The predicted molar refractivity (Wildman–Crippen MR) is 102 cm³/mol. The minimum Gasteiger partial charge on any atom is -0.493 e. The Morgan fingerprint density at radius 1 is 1.13 bits per heavy atom. The lowest BCUT2D eigenvalue weighted by Gasteiger charge is -2.36. The van der Waals surface area contributed by atoms with Crippen LogP contribution >= 0.6 is 11.6 Å². The van der Waals surface area contributed by atoms with E-state index in [2.05, 4.69) is 9.72 Å². The lowest BCUT2D eigenvalue weighted by molar-refractivity contribution is -0.137. The smallest absolute Gasteiger partial charge is 0.417 e. The molecule has 1 saturated heterocycles. The van der Waals surface area contributed by atoms with Crippen LogP contribution in [0.25, 0.3) is 0 Å². The van der Waals surface area contributed by atoms with Crippen molar-refractivity contribution >= 4 is 23.3 Å². The Morgan fingerprint density at radius 2 is 1.81 bits per heavy atom. The number of anilines is 1. The number of alkyl halides is 5. The van der Waals surface area contributed by atoms with Gasteiger partial charge in [0, 0.05) is 37.9 Å². The Morgan fingerprint density at radius 3 is 2.35 bits per heavy atom. The molecular formula is C19H17ClF5N3O3. The number of rotatable bonds is 5. The number of carbonyl (C=O) groups is 1. The van der Waals surface area contributed by atoms with Gasteiger partial charge in [-0.1, -0.05) is 11.6 Å². The Kier molecular flexibility index (Phi) is 6.73. The molecule has 0 saturated carbocycles. The summed E-state index contributed by atoms with van der Waals surface area (Å²) in [5.74, 6) is -0.350. The summed E-state index contributed by atoms with van der Waals surface area (Å²) in [6.07, 6.45) is -3.83. The van der Waals surface area contributed by atoms with Crippen LogP contribution in [-0.4, -0.2) is 55.7 Å². The SMILES string of the molecule is COc1cc(C(=O)N2CCN(c3ncc(C(F)(F)F)cc3Cl)CC2)ccc1OC(F)F. The molecule has 1 aromatic heterocycles. The van der Waals surface area contributed by atoms with Gasteiger partial charge in [-0.15, -0.1) is 0 Å². The van der Waals surface area contributed by atoms with Crippen LogP contribution in [-0.2, 0) is 6.18 Å². The molecule has 6 nitrogen and oxygen atoms in total. The molecule has 1 fully saturated rings. The van der Waals surface area contributed by atoms with Crippen molar-refractivity contribution in [2.24, 2.45) is 0 Å². The van der Waals surface area contributed by atoms with Crippen LogP contribution in [0.3, 0.4) is 0 Å². The zero-order chi connectivity index (χ0) is 22.8. The summed E-state index contributed by atoms with van der Waals surface area (Å²) >= 11 is 5.98. The average Bonchev–Trinajstić information content (AvgIpc) is 2.72. The third-order valence-electron chi connectivity index (χ3n) is 4.64. The highest BCUT2D eigenvalue weighted by Gasteiger charge is 2.32. The third kappa shape index (κ3) is 5.27. The Bertz CT molecular complexity index is 950. The van der Waals surface area contributed by atoms with Gasteiger partial charge in [-0.25, -0.2) is 4.98 Å². The van der Waals surface area contributed by atoms with Crippen LogP contribution in [0.1, 0.15) is 15.9 Å². The number of halogens is 6. The molecule has 0 atom stereocenters. The number of ether oxygens (including phenoxy) is 2. The normalized spacial score (nSPS) is 14.7. The van der Waals surface area contributed by atoms with Gasteiger partial charge in [0.1, 0.15) is 5.82 Å². The van der Waals surface area contributed by atoms with Gasteiger partial charge in [-0.05, 0) is 24.3 Å². The molecule has 2 aromatic rings. The van der Waals surface area contributed by atoms with Gasteiger partial charge >= 0.3 is 12.8 Å². The fourth-order valence-corrected chi connectivity index (χ4v) is 3.40. The molecular weight excluding hydrogens is 449 g/mol. The number of methoxy groups -OCH3 is 1. The minimum atomic E-state index is -4.54. The standard InChI is InChI=1S/C19H17ClF5N3O3/c1-30-15-8-11(2-3-14(15)31-18(21)22)17(29)28-6-4-27(5-7-28)16-13(20)9-12(10-26-16)19(23,24)25/h2-3,8-10,18H,4-7H2,1H3. The van der Waals surface area contributed by atoms with Crippen molar-refractivity contribution in [2.75, 3.05) is 38.2 Å². The van der Waals surface area contributed by atoms with Crippen LogP contribution in [0.15, 0.2) is 30.5 Å². The van der Waals surface area contributed by atoms with Crippen LogP contribution < -0.4 is 14.4 Å². The lowest BCUT2D eigenvalue weighted by Crippen LogP contribution is -2.49. The quantitative estimate of drug-likeness (QED) is 0.615. The largest absolute Gasteiger partial charge is 0.493 e. The Balaban J connectivity index is 1.68. The first-order valence-electron chi connectivity index (χ1n) is 9.00. The molecule has 0 aliphatic carbocycles. The number of carbonyl (C=O) groups excluding carboxylic acids is 1. The number of amides is 1. The van der Waals surface area contributed by atoms with Crippen molar-refractivity contribution in [3.05, 3.63) is 46.6 Å². The molecule has 0 radical (unpaired) electrons. The molecule has 1 amide bonds. The molecule has 0 spiro atoms. The van der Waals surface area contributed by atoms with Gasteiger partial charge in [-0.2, -0.15) is 22.0 Å². The summed E-state index contributed by atoms with van der Waals surface area (Å²) in [5.41, 5.74) is -0.721. The third-order valence-corrected chi connectivity index (χ3v) is 4.92. The van der Waals surface area contributed by atoms with Gasteiger partial charge in [0.25, 0.3) is 5.91 Å². The number of benzene rings is 1. The highest BCUT2D eigenvalue weighted by atomic mass is 35.5. The van der Waals surface area contributed by atoms with Crippen LogP contribution in [0.2, 0.25) is 5.02 Å². The minimum absolute atomic E-state index is 0.00878. The topological polar surface area (TPSA) is 54.9 Å². The van der Waals surface area contributed by atoms with Gasteiger partial charge < -0.3 is 19.3 Å². The number of hydrogen-bond acceptors (Lipinski definition) is 5. The summed E-state index contributed by atoms with van der Waals surface area (Å²) in [5, 5.41) is -0.131. The first-order valence-corrected chi connectivity index (χ1v) is 9.37. The van der Waals surface area contributed by atoms with Crippen molar-refractivity contribution in [1.82, 2.24) is 9.88 Å². The predicted octanol–water partition coefficient (Wildman–Crippen LogP) is 4.33. The summed E-state index contributed by atoms with van der Waals surface area (Å²) in [6.45, 7) is -1.92. The van der Waals surface area contributed by atoms with Crippen LogP contribution in [0.4, 0.5) is 27.8 Å². The fraction of sp³-hybridized carbons (Fsp3) is 0.368. The second-order valence-corrected chi connectivity index (χ2v) is 6.96. The second-order valence-electron chi connectivity index (χ2n) is 6.55. The van der Waals surface area contributed by atoms with Gasteiger partial charge in [0.05, 0.1) is 17.7 Å². The zero-order valence-corrected chi connectivity index (χ0v) is 16.9. The van der Waals surface area contributed by atoms with E-state index in [1.165, 1.54) is 30.2 Å². The molecule has 0 unspecified atom stereocenters. The van der Waals surface area contributed by atoms with Crippen LogP contribution in [0, 0.1) is 0 Å². The van der Waals surface area contributed by atoms with E-state index < -0.39 is 18.4 Å². The maximum atomic E-state index is 12.8.